The number of carbonyl (C=O) groups excluding carboxylic acids is 1. The molecule has 0 radical (unpaired) electrons. The predicted molar refractivity (Wildman–Crippen MR) is 121 cm³/mol. The van der Waals surface area contributed by atoms with E-state index in [2.05, 4.69) is 45.9 Å². The highest BCUT2D eigenvalue weighted by molar-refractivity contribution is 5.77. The average Bonchev–Trinajstić information content (AvgIpc) is 2.75. The summed E-state index contributed by atoms with van der Waals surface area (Å²) < 4.78 is 16.3. The second kappa shape index (κ2) is 10.5. The molecule has 174 valence electrons. The van der Waals surface area contributed by atoms with Gasteiger partial charge in [-0.15, -0.1) is 0 Å². The molecule has 3 rings (SSSR count). The van der Waals surface area contributed by atoms with Gasteiger partial charge in [0.1, 0.15) is 6.61 Å². The third-order valence-electron chi connectivity index (χ3n) is 7.58. The minimum Gasteiger partial charge on any atom is -0.463 e. The zero-order valence-electron chi connectivity index (χ0n) is 19.7. The monoisotopic (exact) mass is 432 g/mol. The van der Waals surface area contributed by atoms with Crippen LogP contribution in [0.4, 0.5) is 0 Å². The van der Waals surface area contributed by atoms with Gasteiger partial charge in [0.25, 0.3) is 0 Å². The highest BCUT2D eigenvalue weighted by Gasteiger charge is 2.55. The van der Waals surface area contributed by atoms with Crippen LogP contribution in [0.25, 0.3) is 0 Å². The Morgan fingerprint density at radius 2 is 1.81 bits per heavy atom. The summed E-state index contributed by atoms with van der Waals surface area (Å²) in [6.07, 6.45) is 5.14. The van der Waals surface area contributed by atoms with Gasteiger partial charge in [0.15, 0.2) is 0 Å². The molecule has 31 heavy (non-hydrogen) atoms. The number of rotatable bonds is 10. The van der Waals surface area contributed by atoms with Gasteiger partial charge in [-0.1, -0.05) is 45.4 Å². The molecule has 0 aliphatic heterocycles. The van der Waals surface area contributed by atoms with Gasteiger partial charge < -0.3 is 19.3 Å². The molecular weight excluding hydrogens is 392 g/mol. The van der Waals surface area contributed by atoms with Crippen molar-refractivity contribution in [3.63, 3.8) is 0 Å². The first kappa shape index (κ1) is 24.2. The van der Waals surface area contributed by atoms with Crippen LogP contribution in [0.2, 0.25) is 0 Å². The van der Waals surface area contributed by atoms with E-state index in [1.165, 1.54) is 16.7 Å². The van der Waals surface area contributed by atoms with E-state index < -0.39 is 5.41 Å². The van der Waals surface area contributed by atoms with E-state index in [1.807, 2.05) is 0 Å². The average molecular weight is 433 g/mol. The topological polar surface area (TPSA) is 65.0 Å². The van der Waals surface area contributed by atoms with Crippen LogP contribution in [-0.4, -0.2) is 50.7 Å². The number of ether oxygens (including phenoxy) is 3. The Hall–Kier alpha value is -1.43. The molecule has 1 N–H and O–H groups in total. The minimum atomic E-state index is -0.453. The van der Waals surface area contributed by atoms with Gasteiger partial charge in [0.05, 0.1) is 38.4 Å². The predicted octanol–water partition coefficient (Wildman–Crippen LogP) is 4.39. The lowest BCUT2D eigenvalue weighted by Crippen LogP contribution is -2.53. The standard InChI is InChI=1S/C26H40O5/c1-19(2)20-6-8-22-21(18-20)7-9-23-25(22,3)10-5-11-26(23,4)24(28)31-17-16-30-15-14-29-13-12-27/h6,8,18-19,23,27H,5,7,9-17H2,1-4H3/t23-,25-,26-/m1/s1. The van der Waals surface area contributed by atoms with Gasteiger partial charge in [-0.25, -0.2) is 0 Å². The second-order valence-electron chi connectivity index (χ2n) is 9.94. The third-order valence-corrected chi connectivity index (χ3v) is 7.58. The van der Waals surface area contributed by atoms with Crippen LogP contribution in [0.5, 0.6) is 0 Å². The number of benzene rings is 1. The van der Waals surface area contributed by atoms with Crippen molar-refractivity contribution in [3.8, 4) is 0 Å². The first-order valence-electron chi connectivity index (χ1n) is 11.9. The summed E-state index contributed by atoms with van der Waals surface area (Å²) in [5.74, 6) is 0.753. The van der Waals surface area contributed by atoms with Gasteiger partial charge in [-0.05, 0) is 66.5 Å². The molecule has 5 nitrogen and oxygen atoms in total. The van der Waals surface area contributed by atoms with E-state index in [-0.39, 0.29) is 24.6 Å². The molecule has 1 aromatic carbocycles. The largest absolute Gasteiger partial charge is 0.463 e. The lowest BCUT2D eigenvalue weighted by atomic mass is 9.49. The summed E-state index contributed by atoms with van der Waals surface area (Å²) >= 11 is 0. The van der Waals surface area contributed by atoms with Crippen molar-refractivity contribution in [3.05, 3.63) is 34.9 Å². The van der Waals surface area contributed by atoms with Gasteiger partial charge in [0, 0.05) is 0 Å². The first-order chi connectivity index (χ1) is 14.8. The lowest BCUT2D eigenvalue weighted by Gasteiger charge is -2.54. The number of hydrogen-bond donors (Lipinski definition) is 1. The molecule has 2 aliphatic rings. The Morgan fingerprint density at radius 3 is 2.52 bits per heavy atom. The van der Waals surface area contributed by atoms with Gasteiger partial charge in [0.2, 0.25) is 0 Å². The molecule has 1 saturated carbocycles. The molecule has 0 amide bonds. The van der Waals surface area contributed by atoms with Crippen molar-refractivity contribution in [2.45, 2.75) is 71.1 Å². The zero-order valence-corrected chi connectivity index (χ0v) is 19.7. The van der Waals surface area contributed by atoms with Crippen molar-refractivity contribution in [1.82, 2.24) is 0 Å². The molecule has 2 aliphatic carbocycles. The maximum Gasteiger partial charge on any atom is 0.312 e. The molecule has 0 heterocycles. The van der Waals surface area contributed by atoms with Crippen LogP contribution in [0.3, 0.4) is 0 Å². The van der Waals surface area contributed by atoms with Crippen LogP contribution >= 0.6 is 0 Å². The zero-order chi connectivity index (χ0) is 22.5. The Bertz CT molecular complexity index is 745. The van der Waals surface area contributed by atoms with Crippen LogP contribution < -0.4 is 0 Å². The van der Waals surface area contributed by atoms with Crippen molar-refractivity contribution in [2.24, 2.45) is 11.3 Å². The molecule has 1 aromatic rings. The molecule has 0 saturated heterocycles. The number of aryl methyl sites for hydroxylation is 1. The maximum atomic E-state index is 13.2. The summed E-state index contributed by atoms with van der Waals surface area (Å²) in [5, 5.41) is 8.68. The molecule has 0 bridgehead atoms. The van der Waals surface area contributed by atoms with Gasteiger partial charge in [-0.3, -0.25) is 4.79 Å². The van der Waals surface area contributed by atoms with Crippen LogP contribution in [0.1, 0.15) is 76.0 Å². The highest BCUT2D eigenvalue weighted by atomic mass is 16.6. The van der Waals surface area contributed by atoms with Gasteiger partial charge >= 0.3 is 5.97 Å². The first-order valence-corrected chi connectivity index (χ1v) is 11.9. The van der Waals surface area contributed by atoms with E-state index in [9.17, 15) is 4.79 Å². The molecule has 0 spiro atoms. The van der Waals surface area contributed by atoms with Crippen molar-refractivity contribution >= 4 is 5.97 Å². The fourth-order valence-corrected chi connectivity index (χ4v) is 5.86. The number of aliphatic hydroxyl groups is 1. The van der Waals surface area contributed by atoms with E-state index >= 15 is 0 Å². The molecular formula is C26H40O5. The van der Waals surface area contributed by atoms with Crippen LogP contribution in [0, 0.1) is 11.3 Å². The highest BCUT2D eigenvalue weighted by Crippen LogP contribution is 2.57. The normalized spacial score (nSPS) is 27.6. The summed E-state index contributed by atoms with van der Waals surface area (Å²) in [5.41, 5.74) is 3.89. The Labute approximate surface area is 187 Å². The number of fused-ring (bicyclic) bond motifs is 3. The quantitative estimate of drug-likeness (QED) is 0.439. The molecule has 1 fully saturated rings. The number of esters is 1. The lowest BCUT2D eigenvalue weighted by molar-refractivity contribution is -0.166. The van der Waals surface area contributed by atoms with Crippen LogP contribution in [0.15, 0.2) is 18.2 Å². The van der Waals surface area contributed by atoms with Crippen LogP contribution in [-0.2, 0) is 30.8 Å². The molecule has 3 atom stereocenters. The fourth-order valence-electron chi connectivity index (χ4n) is 5.86. The summed E-state index contributed by atoms with van der Waals surface area (Å²) in [4.78, 5) is 13.2. The second-order valence-corrected chi connectivity index (χ2v) is 9.94. The summed E-state index contributed by atoms with van der Waals surface area (Å²) in [6.45, 7) is 10.8. The molecule has 0 unspecified atom stereocenters. The van der Waals surface area contributed by atoms with Crippen molar-refractivity contribution in [2.75, 3.05) is 39.6 Å². The Morgan fingerprint density at radius 1 is 1.10 bits per heavy atom. The molecule has 0 aromatic heterocycles. The van der Waals surface area contributed by atoms with Crippen molar-refractivity contribution in [1.29, 1.82) is 0 Å². The number of carbonyl (C=O) groups is 1. The third kappa shape index (κ3) is 5.15. The number of aliphatic hydroxyl groups excluding tert-OH is 1. The smallest absolute Gasteiger partial charge is 0.312 e. The molecule has 5 heteroatoms. The van der Waals surface area contributed by atoms with E-state index in [1.54, 1.807) is 0 Å². The van der Waals surface area contributed by atoms with E-state index in [0.29, 0.717) is 38.3 Å². The fraction of sp³-hybridized carbons (Fsp3) is 0.731. The SMILES string of the molecule is CC(C)c1ccc2c(c1)CC[C@H]1[C@](C)(C(=O)OCCOCCOCCO)CCC[C@]21C. The Balaban J connectivity index is 1.63. The minimum absolute atomic E-state index is 0.0135. The maximum absolute atomic E-state index is 13.2. The van der Waals surface area contributed by atoms with E-state index in [0.717, 1.165) is 32.1 Å². The number of hydrogen-bond acceptors (Lipinski definition) is 5. The Kier molecular flexibility index (Phi) is 8.17. The summed E-state index contributed by atoms with van der Waals surface area (Å²) in [7, 11) is 0. The van der Waals surface area contributed by atoms with E-state index in [4.69, 9.17) is 19.3 Å². The van der Waals surface area contributed by atoms with Crippen molar-refractivity contribution < 1.29 is 24.1 Å². The van der Waals surface area contributed by atoms with Gasteiger partial charge in [-0.2, -0.15) is 0 Å². The summed E-state index contributed by atoms with van der Waals surface area (Å²) in [6, 6.07) is 7.01.